The van der Waals surface area contributed by atoms with Crippen molar-refractivity contribution in [2.45, 2.75) is 6.42 Å². The summed E-state index contributed by atoms with van der Waals surface area (Å²) in [5.74, 6) is -1.62. The lowest BCUT2D eigenvalue weighted by Crippen LogP contribution is -2.25. The SMILES string of the molecule is COC(=O)c1cc(OCCCNC(=O)c2cccc(F)c2)c(OC)cc1[N+](=O)[O-]. The third-order valence-electron chi connectivity index (χ3n) is 3.84. The van der Waals surface area contributed by atoms with Crippen molar-refractivity contribution >= 4 is 17.6 Å². The molecule has 0 aliphatic heterocycles. The van der Waals surface area contributed by atoms with Crippen LogP contribution in [0.1, 0.15) is 27.1 Å². The molecule has 0 spiro atoms. The summed E-state index contributed by atoms with van der Waals surface area (Å²) in [5, 5.41) is 13.8. The van der Waals surface area contributed by atoms with E-state index in [2.05, 4.69) is 10.1 Å². The van der Waals surface area contributed by atoms with Gasteiger partial charge < -0.3 is 19.5 Å². The van der Waals surface area contributed by atoms with Gasteiger partial charge in [-0.25, -0.2) is 9.18 Å². The lowest BCUT2D eigenvalue weighted by molar-refractivity contribution is -0.385. The Morgan fingerprint density at radius 3 is 2.55 bits per heavy atom. The normalized spacial score (nSPS) is 10.2. The van der Waals surface area contributed by atoms with Gasteiger partial charge in [0.25, 0.3) is 11.6 Å². The van der Waals surface area contributed by atoms with Crippen LogP contribution in [0.2, 0.25) is 0 Å². The number of ether oxygens (including phenoxy) is 3. The van der Waals surface area contributed by atoms with Crippen LogP contribution in [-0.2, 0) is 4.74 Å². The van der Waals surface area contributed by atoms with Crippen LogP contribution in [0.15, 0.2) is 36.4 Å². The molecule has 0 heterocycles. The fourth-order valence-corrected chi connectivity index (χ4v) is 2.43. The predicted molar refractivity (Wildman–Crippen MR) is 99.8 cm³/mol. The van der Waals surface area contributed by atoms with Crippen molar-refractivity contribution in [1.29, 1.82) is 0 Å². The number of carbonyl (C=O) groups excluding carboxylic acids is 2. The zero-order valence-corrected chi connectivity index (χ0v) is 15.8. The highest BCUT2D eigenvalue weighted by Gasteiger charge is 2.25. The molecule has 0 fully saturated rings. The van der Waals surface area contributed by atoms with Crippen LogP contribution in [0.3, 0.4) is 0 Å². The van der Waals surface area contributed by atoms with E-state index in [1.807, 2.05) is 0 Å². The largest absolute Gasteiger partial charge is 0.493 e. The summed E-state index contributed by atoms with van der Waals surface area (Å²) >= 11 is 0. The van der Waals surface area contributed by atoms with Crippen molar-refractivity contribution in [2.75, 3.05) is 27.4 Å². The minimum Gasteiger partial charge on any atom is -0.493 e. The molecule has 2 aromatic rings. The van der Waals surface area contributed by atoms with Gasteiger partial charge in [-0.1, -0.05) is 6.07 Å². The van der Waals surface area contributed by atoms with Gasteiger partial charge in [0, 0.05) is 18.2 Å². The molecule has 154 valence electrons. The van der Waals surface area contributed by atoms with Gasteiger partial charge in [-0.15, -0.1) is 0 Å². The molecule has 9 nitrogen and oxygen atoms in total. The van der Waals surface area contributed by atoms with Gasteiger partial charge in [0.1, 0.15) is 11.4 Å². The van der Waals surface area contributed by atoms with Gasteiger partial charge in [0.2, 0.25) is 0 Å². The van der Waals surface area contributed by atoms with Crippen molar-refractivity contribution < 1.29 is 33.1 Å². The van der Waals surface area contributed by atoms with Gasteiger partial charge in [-0.3, -0.25) is 14.9 Å². The first-order valence-electron chi connectivity index (χ1n) is 8.48. The zero-order chi connectivity index (χ0) is 21.4. The molecule has 0 saturated carbocycles. The van der Waals surface area contributed by atoms with Crippen LogP contribution in [0.25, 0.3) is 0 Å². The Labute approximate surface area is 165 Å². The third kappa shape index (κ3) is 5.64. The quantitative estimate of drug-likeness (QED) is 0.294. The summed E-state index contributed by atoms with van der Waals surface area (Å²) in [4.78, 5) is 34.2. The molecular weight excluding hydrogens is 387 g/mol. The number of benzene rings is 2. The minimum atomic E-state index is -0.883. The average molecular weight is 406 g/mol. The van der Waals surface area contributed by atoms with Gasteiger partial charge in [0.15, 0.2) is 11.5 Å². The Morgan fingerprint density at radius 2 is 1.93 bits per heavy atom. The number of methoxy groups -OCH3 is 2. The van der Waals surface area contributed by atoms with E-state index in [9.17, 15) is 24.1 Å². The minimum absolute atomic E-state index is 0.0770. The number of nitrogens with one attached hydrogen (secondary N) is 1. The van der Waals surface area contributed by atoms with Crippen molar-refractivity contribution in [3.63, 3.8) is 0 Å². The Bertz CT molecular complexity index is 917. The number of esters is 1. The van der Waals surface area contributed by atoms with Crippen molar-refractivity contribution in [2.24, 2.45) is 0 Å². The fourth-order valence-electron chi connectivity index (χ4n) is 2.43. The molecule has 29 heavy (non-hydrogen) atoms. The van der Waals surface area contributed by atoms with Crippen molar-refractivity contribution in [3.05, 3.63) is 63.5 Å². The topological polar surface area (TPSA) is 117 Å². The standard InChI is InChI=1S/C19H19FN2O7/c1-27-16-11-15(22(25)26)14(19(24)28-2)10-17(16)29-8-4-7-21-18(23)12-5-3-6-13(20)9-12/h3,5-6,9-11H,4,7-8H2,1-2H3,(H,21,23). The first-order valence-corrected chi connectivity index (χ1v) is 8.48. The maximum absolute atomic E-state index is 13.1. The highest BCUT2D eigenvalue weighted by Crippen LogP contribution is 2.35. The van der Waals surface area contributed by atoms with E-state index >= 15 is 0 Å². The van der Waals surface area contributed by atoms with Crippen LogP contribution in [0, 0.1) is 15.9 Å². The second-order valence-corrected chi connectivity index (χ2v) is 5.74. The van der Waals surface area contributed by atoms with E-state index in [0.717, 1.165) is 19.2 Å². The number of nitro benzene ring substituents is 1. The average Bonchev–Trinajstić information content (AvgIpc) is 2.72. The fraction of sp³-hybridized carbons (Fsp3) is 0.263. The monoisotopic (exact) mass is 406 g/mol. The second kappa shape index (κ2) is 10.0. The van der Waals surface area contributed by atoms with E-state index in [-0.39, 0.29) is 35.8 Å². The maximum Gasteiger partial charge on any atom is 0.345 e. The molecule has 2 aromatic carbocycles. The first-order chi connectivity index (χ1) is 13.9. The lowest BCUT2D eigenvalue weighted by atomic mass is 10.1. The highest BCUT2D eigenvalue weighted by atomic mass is 19.1. The molecule has 1 amide bonds. The summed E-state index contributed by atoms with van der Waals surface area (Å²) < 4.78 is 28.3. The van der Waals surface area contributed by atoms with Crippen LogP contribution < -0.4 is 14.8 Å². The van der Waals surface area contributed by atoms with Gasteiger partial charge in [-0.05, 0) is 24.6 Å². The Morgan fingerprint density at radius 1 is 1.17 bits per heavy atom. The molecular formula is C19H19FN2O7. The molecule has 0 bridgehead atoms. The highest BCUT2D eigenvalue weighted by molar-refractivity contribution is 5.95. The molecule has 0 aromatic heterocycles. The van der Waals surface area contributed by atoms with Gasteiger partial charge in [-0.2, -0.15) is 0 Å². The van der Waals surface area contributed by atoms with Crippen LogP contribution in [0.4, 0.5) is 10.1 Å². The van der Waals surface area contributed by atoms with Gasteiger partial charge in [0.05, 0.1) is 31.8 Å². The molecule has 0 radical (unpaired) electrons. The number of halogens is 1. The summed E-state index contributed by atoms with van der Waals surface area (Å²) in [6.07, 6.45) is 0.384. The molecule has 0 aliphatic carbocycles. The molecule has 0 aliphatic rings. The summed E-state index contributed by atoms with van der Waals surface area (Å²) in [6.45, 7) is 0.368. The van der Waals surface area contributed by atoms with E-state index in [0.29, 0.717) is 6.42 Å². The molecule has 10 heteroatoms. The van der Waals surface area contributed by atoms with Crippen molar-refractivity contribution in [3.8, 4) is 11.5 Å². The number of carbonyl (C=O) groups is 2. The molecule has 0 saturated heterocycles. The number of rotatable bonds is 9. The number of amides is 1. The van der Waals surface area contributed by atoms with Crippen LogP contribution >= 0.6 is 0 Å². The Kier molecular flexibility index (Phi) is 7.47. The predicted octanol–water partition coefficient (Wildman–Crippen LogP) is 2.73. The molecule has 0 unspecified atom stereocenters. The number of hydrogen-bond acceptors (Lipinski definition) is 7. The Hall–Kier alpha value is -3.69. The first kappa shape index (κ1) is 21.6. The number of hydrogen-bond donors (Lipinski definition) is 1. The maximum atomic E-state index is 13.1. The zero-order valence-electron chi connectivity index (χ0n) is 15.8. The second-order valence-electron chi connectivity index (χ2n) is 5.74. The molecule has 2 rings (SSSR count). The van der Waals surface area contributed by atoms with E-state index in [4.69, 9.17) is 9.47 Å². The van der Waals surface area contributed by atoms with E-state index < -0.39 is 28.3 Å². The summed E-state index contributed by atoms with van der Waals surface area (Å²) in [7, 11) is 2.42. The molecule has 1 N–H and O–H groups in total. The van der Waals surface area contributed by atoms with E-state index in [1.54, 1.807) is 0 Å². The molecule has 0 atom stereocenters. The van der Waals surface area contributed by atoms with Gasteiger partial charge >= 0.3 is 5.97 Å². The van der Waals surface area contributed by atoms with Crippen LogP contribution in [0.5, 0.6) is 11.5 Å². The lowest BCUT2D eigenvalue weighted by Gasteiger charge is -2.12. The Balaban J connectivity index is 1.98. The third-order valence-corrected chi connectivity index (χ3v) is 3.84. The number of nitro groups is 1. The number of nitrogens with zero attached hydrogens (tertiary/aromatic N) is 1. The summed E-state index contributed by atoms with van der Waals surface area (Å²) in [5.41, 5.74) is -0.540. The smallest absolute Gasteiger partial charge is 0.345 e. The van der Waals surface area contributed by atoms with Crippen LogP contribution in [-0.4, -0.2) is 44.2 Å². The van der Waals surface area contributed by atoms with Crippen molar-refractivity contribution in [1.82, 2.24) is 5.32 Å². The van der Waals surface area contributed by atoms with E-state index in [1.165, 1.54) is 31.4 Å². The summed E-state index contributed by atoms with van der Waals surface area (Å²) in [6, 6.07) is 7.55.